The molecule has 0 amide bonds. The Morgan fingerprint density at radius 1 is 0.793 bits per heavy atom. The maximum Gasteiger partial charge on any atom is 0.211 e. The van der Waals surface area contributed by atoms with E-state index in [2.05, 4.69) is 97.2 Å². The van der Waals surface area contributed by atoms with Gasteiger partial charge in [0, 0.05) is 36.7 Å². The van der Waals surface area contributed by atoms with Gasteiger partial charge in [-0.25, -0.2) is 23.6 Å². The van der Waals surface area contributed by atoms with Crippen molar-refractivity contribution in [2.75, 3.05) is 0 Å². The third-order valence-corrected chi connectivity index (χ3v) is 4.84. The number of rotatable bonds is 2. The van der Waals surface area contributed by atoms with Crippen molar-refractivity contribution in [3.63, 3.8) is 0 Å². The zero-order valence-electron chi connectivity index (χ0n) is 16.3. The third kappa shape index (κ3) is 4.82. The number of H-pyrrole nitrogens is 1. The molecule has 6 nitrogen and oxygen atoms in total. The predicted octanol–water partition coefficient (Wildman–Crippen LogP) is 0.187. The van der Waals surface area contributed by atoms with Gasteiger partial charge in [-0.1, -0.05) is 48.5 Å². The van der Waals surface area contributed by atoms with Crippen molar-refractivity contribution < 1.29 is 33.9 Å². The van der Waals surface area contributed by atoms with Crippen molar-refractivity contribution in [2.45, 2.75) is 13.8 Å². The molecule has 0 unspecified atom stereocenters. The second-order valence-corrected chi connectivity index (χ2v) is 7.46. The van der Waals surface area contributed by atoms with E-state index in [1.54, 1.807) is 0 Å². The molecule has 4 aromatic rings. The molecule has 0 aliphatic carbocycles. The van der Waals surface area contributed by atoms with Crippen LogP contribution in [0.1, 0.15) is 11.4 Å². The van der Waals surface area contributed by atoms with Gasteiger partial charge in [0.05, 0.1) is 11.1 Å². The second kappa shape index (κ2) is 8.32. The molecule has 0 radical (unpaired) electrons. The van der Waals surface area contributed by atoms with Gasteiger partial charge in [-0.05, 0) is 24.6 Å². The molecule has 0 aliphatic rings. The molecule has 4 rings (SSSR count). The molecule has 0 spiro atoms. The van der Waals surface area contributed by atoms with Gasteiger partial charge in [0.15, 0.2) is 5.69 Å². The van der Waals surface area contributed by atoms with Gasteiger partial charge >= 0.3 is 0 Å². The normalized spacial score (nSPS) is 11.3. The molecule has 1 N–H and O–H groups in total. The van der Waals surface area contributed by atoms with Crippen LogP contribution in [0.4, 0.5) is 0 Å². The number of nitrogens with one attached hydrogen (secondary N) is 1. The Balaban J connectivity index is 0.000000431. The Bertz CT molecular complexity index is 1110. The number of hydrogen-bond donors (Lipinski definition) is 0. The van der Waals surface area contributed by atoms with E-state index in [0.717, 1.165) is 5.69 Å². The van der Waals surface area contributed by atoms with Crippen molar-refractivity contribution in [1.29, 1.82) is 0 Å². The number of aryl methyl sites for hydroxylation is 2. The van der Waals surface area contributed by atoms with Crippen LogP contribution in [0.2, 0.25) is 0 Å². The molecule has 29 heavy (non-hydrogen) atoms. The summed E-state index contributed by atoms with van der Waals surface area (Å²) in [6.07, 6.45) is 0. The summed E-state index contributed by atoms with van der Waals surface area (Å²) in [5, 5.41) is 2.62. The van der Waals surface area contributed by atoms with Crippen LogP contribution in [0, 0.1) is 24.1 Å². The zero-order chi connectivity index (χ0) is 21.2. The minimum atomic E-state index is -4.94. The van der Waals surface area contributed by atoms with E-state index in [0.29, 0.717) is 0 Å². The lowest BCUT2D eigenvalue weighted by molar-refractivity contribution is -2.00. The van der Waals surface area contributed by atoms with Crippen LogP contribution in [0.15, 0.2) is 66.7 Å². The zero-order valence-corrected chi connectivity index (χ0v) is 17.1. The number of hydrogen-bond acceptors (Lipinski definition) is 4. The largest absolute Gasteiger partial charge is 0.347 e. The van der Waals surface area contributed by atoms with Gasteiger partial charge in [-0.3, -0.25) is 0 Å². The Hall–Kier alpha value is -2.74. The number of fused-ring (bicyclic) bond motifs is 1. The lowest BCUT2D eigenvalue weighted by Gasteiger charge is -2.17. The SMILES string of the molecule is Cc1[nH+]c(-c2ccccc2)cc2c(-c3ccccc3)n(C)c(C)c12.[O-][Cl+3]([O-])([O-])[O-]. The molecule has 0 fully saturated rings. The van der Waals surface area contributed by atoms with Crippen LogP contribution >= 0.6 is 0 Å². The van der Waals surface area contributed by atoms with Gasteiger partial charge in [0.25, 0.3) is 0 Å². The molecule has 0 saturated heterocycles. The van der Waals surface area contributed by atoms with Gasteiger partial charge in [0.2, 0.25) is 5.69 Å². The first kappa shape index (κ1) is 21.0. The fourth-order valence-corrected chi connectivity index (χ4v) is 3.61. The van der Waals surface area contributed by atoms with E-state index in [1.807, 2.05) is 0 Å². The van der Waals surface area contributed by atoms with Crippen LogP contribution < -0.4 is 23.6 Å². The topological polar surface area (TPSA) is 111 Å². The molecule has 150 valence electrons. The Morgan fingerprint density at radius 2 is 1.28 bits per heavy atom. The summed E-state index contributed by atoms with van der Waals surface area (Å²) in [5.74, 6) is 0. The third-order valence-electron chi connectivity index (χ3n) is 4.84. The monoisotopic (exact) mass is 412 g/mol. The van der Waals surface area contributed by atoms with E-state index in [-0.39, 0.29) is 0 Å². The number of benzene rings is 2. The lowest BCUT2D eigenvalue weighted by atomic mass is 10.0. The highest BCUT2D eigenvalue weighted by molar-refractivity contribution is 6.00. The average molecular weight is 413 g/mol. The number of aromatic nitrogens is 2. The van der Waals surface area contributed by atoms with Crippen molar-refractivity contribution in [1.82, 2.24) is 4.57 Å². The molecule has 0 bridgehead atoms. The minimum absolute atomic E-state index is 1.16. The highest BCUT2D eigenvalue weighted by atomic mass is 35.7. The Morgan fingerprint density at radius 3 is 1.79 bits per heavy atom. The Labute approximate surface area is 171 Å². The molecular formula is C22H21ClN2O4. The lowest BCUT2D eigenvalue weighted by Crippen LogP contribution is -2.68. The molecule has 2 heterocycles. The molecule has 0 atom stereocenters. The fraction of sp³-hybridized carbons (Fsp3) is 0.136. The maximum atomic E-state index is 8.49. The molecule has 2 aromatic heterocycles. The Kier molecular flexibility index (Phi) is 6.02. The molecular weight excluding hydrogens is 392 g/mol. The van der Waals surface area contributed by atoms with E-state index in [1.165, 1.54) is 39.0 Å². The highest BCUT2D eigenvalue weighted by Gasteiger charge is 2.20. The van der Waals surface area contributed by atoms with Crippen LogP contribution in [0.25, 0.3) is 33.3 Å². The van der Waals surface area contributed by atoms with Crippen LogP contribution in [0.3, 0.4) is 0 Å². The smallest absolute Gasteiger partial charge is 0.211 e. The van der Waals surface area contributed by atoms with E-state index >= 15 is 0 Å². The van der Waals surface area contributed by atoms with Gasteiger partial charge in [-0.15, -0.1) is 10.2 Å². The number of halogens is 1. The van der Waals surface area contributed by atoms with Crippen LogP contribution in [-0.2, 0) is 7.05 Å². The highest BCUT2D eigenvalue weighted by Crippen LogP contribution is 2.35. The average Bonchev–Trinajstić information content (AvgIpc) is 2.93. The van der Waals surface area contributed by atoms with Gasteiger partial charge < -0.3 is 4.57 Å². The standard InChI is InChI=1S/C22H20N2.ClHO4/c1-15-21-16(2)24(3)22(18-12-8-5-9-13-18)19(21)14-20(23-15)17-10-6-4-7-11-17;2-1(3,4)5/h4-14H,1-3H3;(H,2,3,4,5). The summed E-state index contributed by atoms with van der Waals surface area (Å²) < 4.78 is 36.3. The first-order valence-corrected chi connectivity index (χ1v) is 10.1. The van der Waals surface area contributed by atoms with E-state index < -0.39 is 10.2 Å². The molecule has 0 saturated carbocycles. The number of aromatic amines is 1. The first-order chi connectivity index (χ1) is 13.7. The van der Waals surface area contributed by atoms with Gasteiger partial charge in [0.1, 0.15) is 0 Å². The van der Waals surface area contributed by atoms with Crippen LogP contribution in [0.5, 0.6) is 0 Å². The fourth-order valence-electron chi connectivity index (χ4n) is 3.61. The van der Waals surface area contributed by atoms with E-state index in [4.69, 9.17) is 18.6 Å². The summed E-state index contributed by atoms with van der Waals surface area (Å²) >= 11 is 0. The second-order valence-electron chi connectivity index (χ2n) is 6.70. The molecule has 0 aliphatic heterocycles. The van der Waals surface area contributed by atoms with Crippen molar-refractivity contribution in [2.24, 2.45) is 7.05 Å². The van der Waals surface area contributed by atoms with Crippen molar-refractivity contribution >= 4 is 10.8 Å². The number of nitrogens with zero attached hydrogens (tertiary/aromatic N) is 1. The summed E-state index contributed by atoms with van der Waals surface area (Å²) in [7, 11) is -2.79. The first-order valence-electron chi connectivity index (χ1n) is 8.91. The maximum absolute atomic E-state index is 8.49. The molecule has 2 aromatic carbocycles. The number of pyridine rings is 1. The predicted molar refractivity (Wildman–Crippen MR) is 99.8 cm³/mol. The summed E-state index contributed by atoms with van der Waals surface area (Å²) in [6.45, 7) is 4.36. The summed E-state index contributed by atoms with van der Waals surface area (Å²) in [5.41, 5.74) is 7.39. The minimum Gasteiger partial charge on any atom is -0.347 e. The van der Waals surface area contributed by atoms with Crippen molar-refractivity contribution in [3.05, 3.63) is 78.1 Å². The quantitative estimate of drug-likeness (QED) is 0.467. The van der Waals surface area contributed by atoms with E-state index in [9.17, 15) is 0 Å². The summed E-state index contributed by atoms with van der Waals surface area (Å²) in [4.78, 5) is 3.59. The van der Waals surface area contributed by atoms with Gasteiger partial charge in [-0.2, -0.15) is 0 Å². The molecule has 7 heteroatoms. The summed E-state index contributed by atoms with van der Waals surface area (Å²) in [6, 6.07) is 23.4. The van der Waals surface area contributed by atoms with Crippen molar-refractivity contribution in [3.8, 4) is 22.5 Å². The van der Waals surface area contributed by atoms with Crippen LogP contribution in [-0.4, -0.2) is 4.57 Å².